The third-order valence-electron chi connectivity index (χ3n) is 2.89. The summed E-state index contributed by atoms with van der Waals surface area (Å²) < 4.78 is 26.0. The van der Waals surface area contributed by atoms with Gasteiger partial charge in [0.1, 0.15) is 6.04 Å². The van der Waals surface area contributed by atoms with E-state index in [1.165, 1.54) is 0 Å². The van der Waals surface area contributed by atoms with Gasteiger partial charge in [-0.15, -0.1) is 0 Å². The van der Waals surface area contributed by atoms with E-state index < -0.39 is 37.0 Å². The lowest BCUT2D eigenvalue weighted by Crippen LogP contribution is -2.49. The molecular formula is C9H13F2N3O2. The van der Waals surface area contributed by atoms with Crippen molar-refractivity contribution in [2.75, 3.05) is 6.54 Å². The Hall–Kier alpha value is -1.24. The molecule has 0 aromatic heterocycles. The number of rotatable bonds is 1. The number of carbonyl (C=O) groups excluding carboxylic acids is 2. The molecule has 0 saturated carbocycles. The third kappa shape index (κ3) is 1.99. The van der Waals surface area contributed by atoms with Gasteiger partial charge in [-0.1, -0.05) is 0 Å². The molecule has 16 heavy (non-hydrogen) atoms. The van der Waals surface area contributed by atoms with Gasteiger partial charge in [0.25, 0.3) is 5.92 Å². The number of amides is 2. The second kappa shape index (κ2) is 3.65. The molecule has 0 aromatic carbocycles. The number of likely N-dealkylation sites (tertiary alicyclic amines) is 1. The molecule has 5 nitrogen and oxygen atoms in total. The van der Waals surface area contributed by atoms with Gasteiger partial charge >= 0.3 is 0 Å². The first-order valence-electron chi connectivity index (χ1n) is 5.12. The van der Waals surface area contributed by atoms with Crippen LogP contribution in [0, 0.1) is 0 Å². The first-order valence-corrected chi connectivity index (χ1v) is 5.12. The minimum atomic E-state index is -2.92. The number of hydrogen-bond acceptors (Lipinski definition) is 3. The lowest BCUT2D eigenvalue weighted by atomic mass is 10.2. The standard InChI is InChI=1S/C9H13F2N3O2/c10-9(11)3-6(12)14(4-9)8(16)5-1-2-7(15)13-5/h5-6H,1-4,12H2,(H,13,15). The summed E-state index contributed by atoms with van der Waals surface area (Å²) in [6.07, 6.45) is -0.859. The lowest BCUT2D eigenvalue weighted by molar-refractivity contribution is -0.136. The van der Waals surface area contributed by atoms with E-state index in [1.807, 2.05) is 0 Å². The van der Waals surface area contributed by atoms with Crippen LogP contribution in [-0.4, -0.2) is 41.4 Å². The van der Waals surface area contributed by atoms with Crippen molar-refractivity contribution in [2.24, 2.45) is 5.73 Å². The topological polar surface area (TPSA) is 75.4 Å². The van der Waals surface area contributed by atoms with Crippen LogP contribution in [0.15, 0.2) is 0 Å². The van der Waals surface area contributed by atoms with Gasteiger partial charge in [-0.05, 0) is 6.42 Å². The molecule has 2 aliphatic rings. The van der Waals surface area contributed by atoms with E-state index >= 15 is 0 Å². The van der Waals surface area contributed by atoms with Crippen LogP contribution in [0.1, 0.15) is 19.3 Å². The van der Waals surface area contributed by atoms with Gasteiger partial charge in [0.15, 0.2) is 0 Å². The van der Waals surface area contributed by atoms with Gasteiger partial charge in [-0.2, -0.15) is 0 Å². The Labute approximate surface area is 91.0 Å². The van der Waals surface area contributed by atoms with E-state index in [1.54, 1.807) is 0 Å². The first-order chi connectivity index (χ1) is 7.39. The van der Waals surface area contributed by atoms with E-state index in [0.29, 0.717) is 6.42 Å². The van der Waals surface area contributed by atoms with Crippen LogP contribution in [0.3, 0.4) is 0 Å². The molecule has 90 valence electrons. The normalized spacial score (nSPS) is 32.9. The summed E-state index contributed by atoms with van der Waals surface area (Å²) in [4.78, 5) is 23.7. The molecule has 2 fully saturated rings. The molecule has 2 amide bonds. The van der Waals surface area contributed by atoms with Gasteiger partial charge in [0, 0.05) is 12.8 Å². The molecule has 2 heterocycles. The zero-order valence-corrected chi connectivity index (χ0v) is 8.58. The minimum absolute atomic E-state index is 0.224. The third-order valence-corrected chi connectivity index (χ3v) is 2.89. The SMILES string of the molecule is NC1CC(F)(F)CN1C(=O)C1CCC(=O)N1. The summed E-state index contributed by atoms with van der Waals surface area (Å²) in [6.45, 7) is -0.653. The Morgan fingerprint density at radius 2 is 2.25 bits per heavy atom. The number of nitrogens with one attached hydrogen (secondary N) is 1. The first kappa shape index (κ1) is 11.3. The van der Waals surface area contributed by atoms with Crippen LogP contribution in [0.25, 0.3) is 0 Å². The van der Waals surface area contributed by atoms with Crippen molar-refractivity contribution in [3.8, 4) is 0 Å². The molecule has 0 aromatic rings. The maximum atomic E-state index is 13.0. The second-order valence-corrected chi connectivity index (χ2v) is 4.25. The summed E-state index contributed by atoms with van der Waals surface area (Å²) in [7, 11) is 0. The van der Waals surface area contributed by atoms with Gasteiger partial charge in [0.2, 0.25) is 11.8 Å². The number of halogens is 2. The van der Waals surface area contributed by atoms with Crippen molar-refractivity contribution in [1.29, 1.82) is 0 Å². The smallest absolute Gasteiger partial charge is 0.268 e. The Morgan fingerprint density at radius 1 is 1.56 bits per heavy atom. The fraction of sp³-hybridized carbons (Fsp3) is 0.778. The van der Waals surface area contributed by atoms with Crippen molar-refractivity contribution in [1.82, 2.24) is 10.2 Å². The van der Waals surface area contributed by atoms with Crippen molar-refractivity contribution in [3.63, 3.8) is 0 Å². The zero-order chi connectivity index (χ0) is 11.9. The van der Waals surface area contributed by atoms with Crippen LogP contribution < -0.4 is 11.1 Å². The predicted molar refractivity (Wildman–Crippen MR) is 50.4 cm³/mol. The van der Waals surface area contributed by atoms with Crippen LogP contribution >= 0.6 is 0 Å². The van der Waals surface area contributed by atoms with E-state index in [-0.39, 0.29) is 12.3 Å². The highest BCUT2D eigenvalue weighted by molar-refractivity contribution is 5.91. The monoisotopic (exact) mass is 233 g/mol. The van der Waals surface area contributed by atoms with Crippen LogP contribution in [0.4, 0.5) is 8.78 Å². The van der Waals surface area contributed by atoms with E-state index in [4.69, 9.17) is 5.73 Å². The quantitative estimate of drug-likeness (QED) is 0.636. The highest BCUT2D eigenvalue weighted by Crippen LogP contribution is 2.30. The highest BCUT2D eigenvalue weighted by atomic mass is 19.3. The minimum Gasteiger partial charge on any atom is -0.344 e. The average molecular weight is 233 g/mol. The van der Waals surface area contributed by atoms with E-state index in [0.717, 1.165) is 4.90 Å². The largest absolute Gasteiger partial charge is 0.344 e. The van der Waals surface area contributed by atoms with Gasteiger partial charge < -0.3 is 16.0 Å². The molecule has 0 spiro atoms. The maximum Gasteiger partial charge on any atom is 0.268 e. The molecule has 2 rings (SSSR count). The molecule has 2 aliphatic heterocycles. The molecule has 0 radical (unpaired) electrons. The lowest BCUT2D eigenvalue weighted by Gasteiger charge is -2.23. The number of alkyl halides is 2. The Balaban J connectivity index is 2.03. The van der Waals surface area contributed by atoms with Crippen molar-refractivity contribution in [3.05, 3.63) is 0 Å². The summed E-state index contributed by atoms with van der Waals surface area (Å²) in [6, 6.07) is -0.688. The molecule has 2 unspecified atom stereocenters. The van der Waals surface area contributed by atoms with Crippen molar-refractivity contribution in [2.45, 2.75) is 37.4 Å². The Kier molecular flexibility index (Phi) is 2.57. The fourth-order valence-electron chi connectivity index (χ4n) is 2.09. The maximum absolute atomic E-state index is 13.0. The molecule has 2 saturated heterocycles. The summed E-state index contributed by atoms with van der Waals surface area (Å²) in [5.41, 5.74) is 5.47. The van der Waals surface area contributed by atoms with Gasteiger partial charge in [0.05, 0.1) is 12.7 Å². The number of hydrogen-bond donors (Lipinski definition) is 2. The average Bonchev–Trinajstić information content (AvgIpc) is 2.69. The summed E-state index contributed by atoms with van der Waals surface area (Å²) >= 11 is 0. The fourth-order valence-corrected chi connectivity index (χ4v) is 2.09. The van der Waals surface area contributed by atoms with Crippen LogP contribution in [0.5, 0.6) is 0 Å². The molecular weight excluding hydrogens is 220 g/mol. The molecule has 2 atom stereocenters. The molecule has 7 heteroatoms. The number of nitrogens with zero attached hydrogens (tertiary/aromatic N) is 1. The number of nitrogens with two attached hydrogens (primary N) is 1. The highest BCUT2D eigenvalue weighted by Gasteiger charge is 2.47. The molecule has 0 aliphatic carbocycles. The van der Waals surface area contributed by atoms with E-state index in [9.17, 15) is 18.4 Å². The number of carbonyl (C=O) groups is 2. The van der Waals surface area contributed by atoms with Crippen molar-refractivity contribution < 1.29 is 18.4 Å². The van der Waals surface area contributed by atoms with Gasteiger partial charge in [-0.3, -0.25) is 9.59 Å². The Bertz CT molecular complexity index is 335. The summed E-state index contributed by atoms with van der Waals surface area (Å²) in [5.74, 6) is -3.65. The van der Waals surface area contributed by atoms with Crippen LogP contribution in [-0.2, 0) is 9.59 Å². The second-order valence-electron chi connectivity index (χ2n) is 4.25. The van der Waals surface area contributed by atoms with E-state index in [2.05, 4.69) is 5.32 Å². The van der Waals surface area contributed by atoms with Gasteiger partial charge in [-0.25, -0.2) is 8.78 Å². The molecule has 0 bridgehead atoms. The summed E-state index contributed by atoms with van der Waals surface area (Å²) in [5, 5.41) is 2.45. The Morgan fingerprint density at radius 3 is 2.69 bits per heavy atom. The zero-order valence-electron chi connectivity index (χ0n) is 8.58. The molecule has 3 N–H and O–H groups in total. The van der Waals surface area contributed by atoms with Crippen LogP contribution in [0.2, 0.25) is 0 Å². The predicted octanol–water partition coefficient (Wildman–Crippen LogP) is -0.583. The van der Waals surface area contributed by atoms with Crippen molar-refractivity contribution >= 4 is 11.8 Å².